The Kier molecular flexibility index (Phi) is 4.76. The van der Waals surface area contributed by atoms with Crippen LogP contribution >= 0.6 is 0 Å². The van der Waals surface area contributed by atoms with Crippen LogP contribution in [0.4, 0.5) is 0 Å². The lowest BCUT2D eigenvalue weighted by Crippen LogP contribution is -2.48. The van der Waals surface area contributed by atoms with E-state index in [0.29, 0.717) is 37.3 Å². The summed E-state index contributed by atoms with van der Waals surface area (Å²) in [6.07, 6.45) is 5.73. The number of pyridine rings is 1. The number of carbonyl (C=O) groups is 1. The molecule has 2 fully saturated rings. The van der Waals surface area contributed by atoms with Crippen molar-refractivity contribution < 1.29 is 9.21 Å². The maximum absolute atomic E-state index is 12.6. The molecule has 1 saturated carbocycles. The first-order chi connectivity index (χ1) is 12.3. The SMILES string of the molecule is O=C(c1coc(CNC2CC2)n1)N1CCN(Cc2ccccn2)CC1. The minimum absolute atomic E-state index is 0.0427. The average Bonchev–Trinajstić information content (AvgIpc) is 3.37. The topological polar surface area (TPSA) is 74.5 Å². The molecule has 2 aromatic heterocycles. The Balaban J connectivity index is 1.27. The molecule has 0 unspecified atom stereocenters. The van der Waals surface area contributed by atoms with Gasteiger partial charge in [0.15, 0.2) is 5.69 Å². The van der Waals surface area contributed by atoms with Crippen molar-refractivity contribution in [3.63, 3.8) is 0 Å². The fourth-order valence-electron chi connectivity index (χ4n) is 3.00. The Morgan fingerprint density at radius 1 is 1.24 bits per heavy atom. The van der Waals surface area contributed by atoms with E-state index in [1.165, 1.54) is 19.1 Å². The number of carbonyl (C=O) groups excluding carboxylic acids is 1. The number of amides is 1. The van der Waals surface area contributed by atoms with Gasteiger partial charge in [-0.3, -0.25) is 14.7 Å². The van der Waals surface area contributed by atoms with Crippen LogP contribution in [0, 0.1) is 0 Å². The zero-order valence-electron chi connectivity index (χ0n) is 14.2. The molecule has 7 nitrogen and oxygen atoms in total. The van der Waals surface area contributed by atoms with Gasteiger partial charge >= 0.3 is 0 Å². The molecule has 2 aliphatic rings. The lowest BCUT2D eigenvalue weighted by atomic mass is 10.2. The Hall–Kier alpha value is -2.25. The second kappa shape index (κ2) is 7.33. The molecule has 0 spiro atoms. The van der Waals surface area contributed by atoms with Gasteiger partial charge in [-0.05, 0) is 25.0 Å². The van der Waals surface area contributed by atoms with E-state index in [9.17, 15) is 4.79 Å². The van der Waals surface area contributed by atoms with Gasteiger partial charge in [0.2, 0.25) is 5.89 Å². The van der Waals surface area contributed by atoms with Gasteiger partial charge < -0.3 is 14.6 Å². The van der Waals surface area contributed by atoms with Gasteiger partial charge in [0, 0.05) is 45.0 Å². The lowest BCUT2D eigenvalue weighted by molar-refractivity contribution is 0.0621. The number of piperazine rings is 1. The van der Waals surface area contributed by atoms with E-state index in [1.54, 1.807) is 0 Å². The maximum Gasteiger partial charge on any atom is 0.275 e. The van der Waals surface area contributed by atoms with Gasteiger partial charge in [0.1, 0.15) is 6.26 Å². The van der Waals surface area contributed by atoms with Crippen LogP contribution in [0.1, 0.15) is 34.9 Å². The van der Waals surface area contributed by atoms with Crippen LogP contribution in [0.25, 0.3) is 0 Å². The number of hydrogen-bond acceptors (Lipinski definition) is 6. The Bertz CT molecular complexity index is 705. The summed E-state index contributed by atoms with van der Waals surface area (Å²) in [6.45, 7) is 4.51. The third-order valence-electron chi connectivity index (χ3n) is 4.66. The molecule has 1 saturated heterocycles. The highest BCUT2D eigenvalue weighted by Gasteiger charge is 2.25. The van der Waals surface area contributed by atoms with Gasteiger partial charge in [-0.2, -0.15) is 0 Å². The third-order valence-corrected chi connectivity index (χ3v) is 4.66. The molecular weight excluding hydrogens is 318 g/mol. The molecule has 25 heavy (non-hydrogen) atoms. The van der Waals surface area contributed by atoms with Gasteiger partial charge in [-0.25, -0.2) is 4.98 Å². The highest BCUT2D eigenvalue weighted by atomic mass is 16.3. The Labute approximate surface area is 147 Å². The molecule has 0 bridgehead atoms. The molecule has 3 heterocycles. The fourth-order valence-corrected chi connectivity index (χ4v) is 3.00. The number of oxazole rings is 1. The van der Waals surface area contributed by atoms with Crippen molar-refractivity contribution in [2.45, 2.75) is 32.0 Å². The van der Waals surface area contributed by atoms with Gasteiger partial charge in [0.25, 0.3) is 5.91 Å². The van der Waals surface area contributed by atoms with Gasteiger partial charge in [0.05, 0.1) is 12.2 Å². The van der Waals surface area contributed by atoms with Crippen molar-refractivity contribution in [2.24, 2.45) is 0 Å². The maximum atomic E-state index is 12.6. The first kappa shape index (κ1) is 16.2. The molecule has 4 rings (SSSR count). The van der Waals surface area contributed by atoms with Gasteiger partial charge in [-0.1, -0.05) is 6.07 Å². The van der Waals surface area contributed by atoms with Crippen molar-refractivity contribution in [1.29, 1.82) is 0 Å². The molecule has 0 radical (unpaired) electrons. The number of rotatable bonds is 6. The third kappa shape index (κ3) is 4.24. The Morgan fingerprint density at radius 3 is 2.80 bits per heavy atom. The van der Waals surface area contributed by atoms with Crippen LogP contribution in [-0.4, -0.2) is 57.9 Å². The zero-order valence-corrected chi connectivity index (χ0v) is 14.2. The second-order valence-electron chi connectivity index (χ2n) is 6.67. The summed E-state index contributed by atoms with van der Waals surface area (Å²) in [5.41, 5.74) is 1.47. The summed E-state index contributed by atoms with van der Waals surface area (Å²) in [7, 11) is 0. The van der Waals surface area contributed by atoms with Crippen LogP contribution in [0.2, 0.25) is 0 Å². The standard InChI is InChI=1S/C18H23N5O2/c24-18(16-13-25-17(21-16)11-20-14-4-5-14)23-9-7-22(8-10-23)12-15-3-1-2-6-19-15/h1-3,6,13-14,20H,4-5,7-12H2. The summed E-state index contributed by atoms with van der Waals surface area (Å²) in [5.74, 6) is 0.544. The summed E-state index contributed by atoms with van der Waals surface area (Å²) < 4.78 is 5.42. The molecule has 0 aromatic carbocycles. The average molecular weight is 341 g/mol. The highest BCUT2D eigenvalue weighted by Crippen LogP contribution is 2.19. The highest BCUT2D eigenvalue weighted by molar-refractivity contribution is 5.92. The Morgan fingerprint density at radius 2 is 2.08 bits per heavy atom. The van der Waals surface area contributed by atoms with Gasteiger partial charge in [-0.15, -0.1) is 0 Å². The number of aromatic nitrogens is 2. The molecule has 1 aliphatic carbocycles. The fraction of sp³-hybridized carbons (Fsp3) is 0.500. The van der Waals surface area contributed by atoms with E-state index in [1.807, 2.05) is 29.3 Å². The van der Waals surface area contributed by atoms with E-state index in [2.05, 4.69) is 20.2 Å². The first-order valence-electron chi connectivity index (χ1n) is 8.87. The van der Waals surface area contributed by atoms with Crippen molar-refractivity contribution in [2.75, 3.05) is 26.2 Å². The number of hydrogen-bond donors (Lipinski definition) is 1. The lowest BCUT2D eigenvalue weighted by Gasteiger charge is -2.34. The largest absolute Gasteiger partial charge is 0.447 e. The van der Waals surface area contributed by atoms with Crippen LogP contribution in [0.3, 0.4) is 0 Å². The smallest absolute Gasteiger partial charge is 0.275 e. The molecule has 0 atom stereocenters. The molecule has 1 N–H and O–H groups in total. The number of nitrogens with one attached hydrogen (secondary N) is 1. The molecule has 2 aromatic rings. The quantitative estimate of drug-likeness (QED) is 0.853. The molecule has 132 valence electrons. The van der Waals surface area contributed by atoms with Crippen LogP contribution < -0.4 is 5.32 Å². The minimum Gasteiger partial charge on any atom is -0.447 e. The van der Waals surface area contributed by atoms with Crippen molar-refractivity contribution in [3.8, 4) is 0 Å². The van der Waals surface area contributed by atoms with Crippen LogP contribution in [-0.2, 0) is 13.1 Å². The van der Waals surface area contributed by atoms with Crippen molar-refractivity contribution >= 4 is 5.91 Å². The van der Waals surface area contributed by atoms with E-state index in [-0.39, 0.29) is 5.91 Å². The molecule has 1 aliphatic heterocycles. The van der Waals surface area contributed by atoms with E-state index in [0.717, 1.165) is 25.3 Å². The molecule has 1 amide bonds. The van der Waals surface area contributed by atoms with E-state index >= 15 is 0 Å². The normalized spacial score (nSPS) is 18.5. The van der Waals surface area contributed by atoms with E-state index in [4.69, 9.17) is 4.42 Å². The monoisotopic (exact) mass is 341 g/mol. The molecular formula is C18H23N5O2. The van der Waals surface area contributed by atoms with Crippen LogP contribution in [0.15, 0.2) is 35.1 Å². The summed E-state index contributed by atoms with van der Waals surface area (Å²) in [4.78, 5) is 25.4. The molecule has 7 heteroatoms. The van der Waals surface area contributed by atoms with Crippen molar-refractivity contribution in [1.82, 2.24) is 25.1 Å². The number of nitrogens with zero attached hydrogens (tertiary/aromatic N) is 4. The predicted molar refractivity (Wildman–Crippen MR) is 91.8 cm³/mol. The summed E-state index contributed by atoms with van der Waals surface area (Å²) in [6, 6.07) is 6.55. The van der Waals surface area contributed by atoms with Crippen LogP contribution in [0.5, 0.6) is 0 Å². The van der Waals surface area contributed by atoms with E-state index < -0.39 is 0 Å². The zero-order chi connectivity index (χ0) is 17.1. The summed E-state index contributed by atoms with van der Waals surface area (Å²) in [5, 5.41) is 3.34. The van der Waals surface area contributed by atoms with Crippen molar-refractivity contribution in [3.05, 3.63) is 47.9 Å². The first-order valence-corrected chi connectivity index (χ1v) is 8.87. The minimum atomic E-state index is -0.0427. The summed E-state index contributed by atoms with van der Waals surface area (Å²) >= 11 is 0. The second-order valence-corrected chi connectivity index (χ2v) is 6.67. The predicted octanol–water partition coefficient (Wildman–Crippen LogP) is 1.28.